The Balaban J connectivity index is 2.44. The highest BCUT2D eigenvalue weighted by atomic mass is 16.5. The minimum absolute atomic E-state index is 0.0617. The molecule has 21 heavy (non-hydrogen) atoms. The number of hydrogen-bond donors (Lipinski definition) is 2. The Morgan fingerprint density at radius 3 is 2.67 bits per heavy atom. The van der Waals surface area contributed by atoms with Gasteiger partial charge in [0, 0.05) is 11.5 Å². The van der Waals surface area contributed by atoms with E-state index in [9.17, 15) is 15.0 Å². The molecule has 0 radical (unpaired) electrons. The lowest BCUT2D eigenvalue weighted by atomic mass is 9.78. The van der Waals surface area contributed by atoms with Crippen molar-refractivity contribution in [3.8, 4) is 0 Å². The molecule has 1 aliphatic carbocycles. The zero-order valence-electron chi connectivity index (χ0n) is 11.7. The van der Waals surface area contributed by atoms with Crippen molar-refractivity contribution in [3.05, 3.63) is 72.0 Å². The van der Waals surface area contributed by atoms with E-state index in [1.807, 2.05) is 30.3 Å². The molecule has 4 heteroatoms. The van der Waals surface area contributed by atoms with Crippen molar-refractivity contribution in [1.82, 2.24) is 0 Å². The first kappa shape index (κ1) is 15.1. The van der Waals surface area contributed by atoms with Gasteiger partial charge in [-0.3, -0.25) is 0 Å². The second-order valence-electron chi connectivity index (χ2n) is 4.89. The van der Waals surface area contributed by atoms with Gasteiger partial charge in [0.25, 0.3) is 0 Å². The van der Waals surface area contributed by atoms with Gasteiger partial charge >= 0.3 is 5.97 Å². The Labute approximate surface area is 123 Å². The highest BCUT2D eigenvalue weighted by Gasteiger charge is 2.36. The third kappa shape index (κ3) is 3.06. The molecule has 110 valence electrons. The molecule has 4 nitrogen and oxygen atoms in total. The monoisotopic (exact) mass is 286 g/mol. The van der Waals surface area contributed by atoms with Crippen molar-refractivity contribution >= 4 is 5.97 Å². The average Bonchev–Trinajstić information content (AvgIpc) is 2.50. The van der Waals surface area contributed by atoms with Crippen LogP contribution in [-0.2, 0) is 9.53 Å². The number of carbonyl (C=O) groups is 1. The van der Waals surface area contributed by atoms with E-state index in [-0.39, 0.29) is 29.9 Å². The van der Waals surface area contributed by atoms with Gasteiger partial charge in [-0.25, -0.2) is 4.79 Å². The van der Waals surface area contributed by atoms with Crippen molar-refractivity contribution in [2.75, 3.05) is 6.61 Å². The van der Waals surface area contributed by atoms with Gasteiger partial charge in [-0.05, 0) is 12.0 Å². The molecule has 0 fully saturated rings. The fraction of sp³-hybridized carbons (Fsp3) is 0.235. The molecular weight excluding hydrogens is 268 g/mol. The number of carbonyl (C=O) groups excluding carboxylic acids is 1. The summed E-state index contributed by atoms with van der Waals surface area (Å²) in [5.74, 6) is -1.32. The molecule has 0 unspecified atom stereocenters. The summed E-state index contributed by atoms with van der Waals surface area (Å²) in [5, 5.41) is 20.2. The van der Waals surface area contributed by atoms with Crippen molar-refractivity contribution in [2.24, 2.45) is 0 Å². The summed E-state index contributed by atoms with van der Waals surface area (Å²) in [6.45, 7) is 7.18. The maximum atomic E-state index is 12.2. The first-order chi connectivity index (χ1) is 10.1. The van der Waals surface area contributed by atoms with E-state index in [2.05, 4.69) is 13.2 Å². The van der Waals surface area contributed by atoms with E-state index in [0.29, 0.717) is 0 Å². The van der Waals surface area contributed by atoms with Gasteiger partial charge in [0.05, 0.1) is 11.7 Å². The van der Waals surface area contributed by atoms with Crippen LogP contribution in [0, 0.1) is 0 Å². The molecule has 0 saturated heterocycles. The summed E-state index contributed by atoms with van der Waals surface area (Å²) in [6.07, 6.45) is 0.858. The zero-order valence-corrected chi connectivity index (χ0v) is 11.7. The quantitative estimate of drug-likeness (QED) is 0.659. The lowest BCUT2D eigenvalue weighted by Crippen LogP contribution is -2.28. The number of esters is 1. The van der Waals surface area contributed by atoms with Crippen LogP contribution in [0.5, 0.6) is 0 Å². The van der Waals surface area contributed by atoms with Gasteiger partial charge in [0.1, 0.15) is 12.4 Å². The Morgan fingerprint density at radius 2 is 2.05 bits per heavy atom. The SMILES string of the molecule is C=CCOC(=O)C1=C(O)C(=C)[C@H](O)C[C@H]1c1ccccc1. The van der Waals surface area contributed by atoms with Gasteiger partial charge in [0.15, 0.2) is 0 Å². The van der Waals surface area contributed by atoms with E-state index >= 15 is 0 Å². The second kappa shape index (κ2) is 6.41. The molecule has 1 aliphatic rings. The highest BCUT2D eigenvalue weighted by Crippen LogP contribution is 2.39. The first-order valence-corrected chi connectivity index (χ1v) is 6.69. The Hall–Kier alpha value is -2.33. The third-order valence-corrected chi connectivity index (χ3v) is 3.52. The van der Waals surface area contributed by atoms with Crippen LogP contribution in [-0.4, -0.2) is 28.9 Å². The molecule has 0 bridgehead atoms. The molecule has 0 saturated carbocycles. The molecule has 0 heterocycles. The summed E-state index contributed by atoms with van der Waals surface area (Å²) in [4.78, 5) is 12.2. The van der Waals surface area contributed by atoms with Crippen LogP contribution in [0.4, 0.5) is 0 Å². The molecule has 2 atom stereocenters. The van der Waals surface area contributed by atoms with Crippen LogP contribution >= 0.6 is 0 Å². The minimum Gasteiger partial charge on any atom is -0.507 e. The van der Waals surface area contributed by atoms with E-state index < -0.39 is 18.0 Å². The largest absolute Gasteiger partial charge is 0.507 e. The number of aliphatic hydroxyl groups excluding tert-OH is 2. The Bertz CT molecular complexity index is 586. The average molecular weight is 286 g/mol. The van der Waals surface area contributed by atoms with E-state index in [1.54, 1.807) is 0 Å². The molecule has 0 spiro atoms. The van der Waals surface area contributed by atoms with Crippen LogP contribution in [0.15, 0.2) is 66.5 Å². The predicted molar refractivity (Wildman–Crippen MR) is 79.8 cm³/mol. The summed E-state index contributed by atoms with van der Waals surface area (Å²) in [6, 6.07) is 9.24. The number of aliphatic hydroxyl groups is 2. The molecule has 1 aromatic rings. The zero-order chi connectivity index (χ0) is 15.4. The number of benzene rings is 1. The van der Waals surface area contributed by atoms with Crippen LogP contribution < -0.4 is 0 Å². The van der Waals surface area contributed by atoms with Crippen LogP contribution in [0.3, 0.4) is 0 Å². The Kier molecular flexibility index (Phi) is 4.60. The summed E-state index contributed by atoms with van der Waals surface area (Å²) in [5.41, 5.74) is 1.12. The van der Waals surface area contributed by atoms with Gasteiger partial charge in [0.2, 0.25) is 0 Å². The van der Waals surface area contributed by atoms with Gasteiger partial charge in [-0.2, -0.15) is 0 Å². The van der Waals surface area contributed by atoms with Gasteiger partial charge < -0.3 is 14.9 Å². The van der Waals surface area contributed by atoms with Gasteiger partial charge in [-0.1, -0.05) is 49.6 Å². The fourth-order valence-corrected chi connectivity index (χ4v) is 2.42. The van der Waals surface area contributed by atoms with Crippen LogP contribution in [0.25, 0.3) is 0 Å². The van der Waals surface area contributed by atoms with E-state index in [1.165, 1.54) is 6.08 Å². The molecule has 1 aromatic carbocycles. The molecule has 0 aromatic heterocycles. The molecule has 0 aliphatic heterocycles. The number of ether oxygens (including phenoxy) is 1. The third-order valence-electron chi connectivity index (χ3n) is 3.52. The summed E-state index contributed by atoms with van der Waals surface area (Å²) >= 11 is 0. The molecule has 0 amide bonds. The summed E-state index contributed by atoms with van der Waals surface area (Å²) in [7, 11) is 0. The second-order valence-corrected chi connectivity index (χ2v) is 4.89. The van der Waals surface area contributed by atoms with Crippen molar-refractivity contribution in [2.45, 2.75) is 18.4 Å². The lowest BCUT2D eigenvalue weighted by Gasteiger charge is -2.29. The van der Waals surface area contributed by atoms with Crippen LogP contribution in [0.2, 0.25) is 0 Å². The van der Waals surface area contributed by atoms with Crippen molar-refractivity contribution in [3.63, 3.8) is 0 Å². The molecule has 2 N–H and O–H groups in total. The maximum Gasteiger partial charge on any atom is 0.338 e. The predicted octanol–water partition coefficient (Wildman–Crippen LogP) is 2.63. The number of rotatable bonds is 4. The first-order valence-electron chi connectivity index (χ1n) is 6.69. The smallest absolute Gasteiger partial charge is 0.338 e. The van der Waals surface area contributed by atoms with Crippen molar-refractivity contribution < 1.29 is 19.7 Å². The van der Waals surface area contributed by atoms with E-state index in [4.69, 9.17) is 4.74 Å². The topological polar surface area (TPSA) is 66.8 Å². The van der Waals surface area contributed by atoms with Crippen molar-refractivity contribution in [1.29, 1.82) is 0 Å². The lowest BCUT2D eigenvalue weighted by molar-refractivity contribution is -0.138. The molecule has 2 rings (SSSR count). The fourth-order valence-electron chi connectivity index (χ4n) is 2.42. The van der Waals surface area contributed by atoms with E-state index in [0.717, 1.165) is 5.56 Å². The highest BCUT2D eigenvalue weighted by molar-refractivity contribution is 5.92. The number of hydrogen-bond acceptors (Lipinski definition) is 4. The van der Waals surface area contributed by atoms with Crippen LogP contribution in [0.1, 0.15) is 17.9 Å². The standard InChI is InChI=1S/C17H18O4/c1-3-9-21-17(20)15-13(12-7-5-4-6-8-12)10-14(18)11(2)16(15)19/h3-8,13-14,18-19H,1-2,9-10H2/t13-,14+/m0/s1. The maximum absolute atomic E-state index is 12.2. The minimum atomic E-state index is -0.883. The Morgan fingerprint density at radius 1 is 1.38 bits per heavy atom. The molecular formula is C17H18O4. The van der Waals surface area contributed by atoms with Gasteiger partial charge in [-0.15, -0.1) is 0 Å². The summed E-state index contributed by atoms with van der Waals surface area (Å²) < 4.78 is 5.04. The normalized spacial score (nSPS) is 22.0.